The molecule has 0 aliphatic heterocycles. The van der Waals surface area contributed by atoms with E-state index in [4.69, 9.17) is 4.74 Å². The van der Waals surface area contributed by atoms with Gasteiger partial charge in [0.05, 0.1) is 0 Å². The number of ether oxygens (including phenoxy) is 1. The molecule has 27 heavy (non-hydrogen) atoms. The molecule has 3 aromatic rings. The van der Waals surface area contributed by atoms with Crippen LogP contribution < -0.4 is 4.74 Å². The Labute approximate surface area is 163 Å². The fraction of sp³-hybridized carbons (Fsp3) is 0.273. The van der Waals surface area contributed by atoms with Gasteiger partial charge in [0, 0.05) is 29.4 Å². The number of para-hydroxylation sites is 1. The molecule has 1 atom stereocenters. The molecule has 5 heteroatoms. The Hall–Kier alpha value is -2.21. The number of aliphatic hydroxyl groups is 1. The molecule has 2 aromatic carbocycles. The normalized spacial score (nSPS) is 12.3. The lowest BCUT2D eigenvalue weighted by Crippen LogP contribution is -2.34. The largest absolute Gasteiger partial charge is 0.491 e. The van der Waals surface area contributed by atoms with E-state index in [1.54, 1.807) is 23.5 Å². The van der Waals surface area contributed by atoms with Gasteiger partial charge in [0.1, 0.15) is 24.3 Å². The molecule has 0 aliphatic carbocycles. The van der Waals surface area contributed by atoms with Crippen molar-refractivity contribution in [2.24, 2.45) is 0 Å². The lowest BCUT2D eigenvalue weighted by molar-refractivity contribution is 0.0632. The second-order valence-corrected chi connectivity index (χ2v) is 7.96. The number of hydrogen-bond acceptors (Lipinski definition) is 4. The Balaban J connectivity index is 1.61. The fourth-order valence-electron chi connectivity index (χ4n) is 2.88. The third kappa shape index (κ3) is 6.47. The SMILES string of the molecule is Cc1ccc(CN(Cc2ccc(F)cc2)CC(O)COc2ccccc2)s1. The highest BCUT2D eigenvalue weighted by atomic mass is 32.1. The van der Waals surface area contributed by atoms with Gasteiger partial charge in [0.2, 0.25) is 0 Å². The first kappa shape index (κ1) is 19.5. The van der Waals surface area contributed by atoms with Gasteiger partial charge >= 0.3 is 0 Å². The van der Waals surface area contributed by atoms with Crippen LogP contribution >= 0.6 is 11.3 Å². The van der Waals surface area contributed by atoms with Crippen LogP contribution in [0.3, 0.4) is 0 Å². The van der Waals surface area contributed by atoms with Gasteiger partial charge in [-0.3, -0.25) is 4.90 Å². The van der Waals surface area contributed by atoms with Crippen LogP contribution in [0.2, 0.25) is 0 Å². The number of nitrogens with zero attached hydrogens (tertiary/aromatic N) is 1. The van der Waals surface area contributed by atoms with Gasteiger partial charge < -0.3 is 9.84 Å². The van der Waals surface area contributed by atoms with E-state index in [-0.39, 0.29) is 12.4 Å². The number of thiophene rings is 1. The van der Waals surface area contributed by atoms with E-state index in [2.05, 4.69) is 24.0 Å². The van der Waals surface area contributed by atoms with E-state index in [0.29, 0.717) is 13.1 Å². The summed E-state index contributed by atoms with van der Waals surface area (Å²) < 4.78 is 18.8. The molecule has 1 aromatic heterocycles. The van der Waals surface area contributed by atoms with Gasteiger partial charge in [-0.25, -0.2) is 4.39 Å². The summed E-state index contributed by atoms with van der Waals surface area (Å²) >= 11 is 1.75. The molecule has 0 bridgehead atoms. The minimum absolute atomic E-state index is 0.230. The molecule has 0 spiro atoms. The number of hydrogen-bond donors (Lipinski definition) is 1. The number of aryl methyl sites for hydroxylation is 1. The average molecular weight is 386 g/mol. The Bertz CT molecular complexity index is 820. The lowest BCUT2D eigenvalue weighted by atomic mass is 10.2. The topological polar surface area (TPSA) is 32.7 Å². The van der Waals surface area contributed by atoms with Gasteiger partial charge in [0.15, 0.2) is 0 Å². The highest BCUT2D eigenvalue weighted by Gasteiger charge is 2.15. The van der Waals surface area contributed by atoms with Crippen molar-refractivity contribution in [2.75, 3.05) is 13.2 Å². The molecule has 0 aliphatic rings. The van der Waals surface area contributed by atoms with Crippen LogP contribution in [-0.2, 0) is 13.1 Å². The first-order chi connectivity index (χ1) is 13.1. The van der Waals surface area contributed by atoms with Gasteiger partial charge in [-0.1, -0.05) is 30.3 Å². The van der Waals surface area contributed by atoms with Crippen LogP contribution in [0, 0.1) is 12.7 Å². The smallest absolute Gasteiger partial charge is 0.123 e. The summed E-state index contributed by atoms with van der Waals surface area (Å²) in [4.78, 5) is 4.67. The van der Waals surface area contributed by atoms with E-state index < -0.39 is 6.10 Å². The van der Waals surface area contributed by atoms with Crippen molar-refractivity contribution < 1.29 is 14.2 Å². The second-order valence-electron chi connectivity index (χ2n) is 6.59. The zero-order chi connectivity index (χ0) is 19.1. The number of rotatable bonds is 9. The maximum absolute atomic E-state index is 13.2. The van der Waals surface area contributed by atoms with Crippen LogP contribution in [0.4, 0.5) is 4.39 Å². The minimum Gasteiger partial charge on any atom is -0.491 e. The van der Waals surface area contributed by atoms with Crippen molar-refractivity contribution in [3.05, 3.63) is 87.9 Å². The third-order valence-electron chi connectivity index (χ3n) is 4.15. The Morgan fingerprint density at radius 3 is 2.41 bits per heavy atom. The lowest BCUT2D eigenvalue weighted by Gasteiger charge is -2.25. The van der Waals surface area contributed by atoms with Crippen molar-refractivity contribution in [1.29, 1.82) is 0 Å². The molecule has 3 nitrogen and oxygen atoms in total. The third-order valence-corrected chi connectivity index (χ3v) is 5.13. The van der Waals surface area contributed by atoms with Crippen molar-refractivity contribution in [3.8, 4) is 5.75 Å². The van der Waals surface area contributed by atoms with Crippen molar-refractivity contribution >= 4 is 11.3 Å². The molecule has 1 unspecified atom stereocenters. The van der Waals surface area contributed by atoms with E-state index in [9.17, 15) is 9.50 Å². The summed E-state index contributed by atoms with van der Waals surface area (Å²) in [6, 6.07) is 20.2. The molecular formula is C22H24FNO2S. The molecule has 0 saturated carbocycles. The van der Waals surface area contributed by atoms with Crippen molar-refractivity contribution in [1.82, 2.24) is 4.90 Å². The molecule has 0 radical (unpaired) electrons. The Morgan fingerprint density at radius 2 is 1.74 bits per heavy atom. The van der Waals surface area contributed by atoms with Gasteiger partial charge in [0.25, 0.3) is 0 Å². The number of benzene rings is 2. The Morgan fingerprint density at radius 1 is 1.00 bits per heavy atom. The summed E-state index contributed by atoms with van der Waals surface area (Å²) in [6.07, 6.45) is -0.619. The standard InChI is InChI=1S/C22H24FNO2S/c1-17-7-12-22(27-17)15-24(13-18-8-10-19(23)11-9-18)14-20(25)16-26-21-5-3-2-4-6-21/h2-12,20,25H,13-16H2,1H3. The molecule has 1 N–H and O–H groups in total. The van der Waals surface area contributed by atoms with E-state index in [0.717, 1.165) is 17.9 Å². The molecule has 3 rings (SSSR count). The number of halogens is 1. The molecule has 0 amide bonds. The zero-order valence-electron chi connectivity index (χ0n) is 15.3. The van der Waals surface area contributed by atoms with Crippen molar-refractivity contribution in [2.45, 2.75) is 26.1 Å². The van der Waals surface area contributed by atoms with E-state index >= 15 is 0 Å². The summed E-state index contributed by atoms with van der Waals surface area (Å²) in [5.41, 5.74) is 1.01. The quantitative estimate of drug-likeness (QED) is 0.583. The van der Waals surface area contributed by atoms with Gasteiger partial charge in [-0.05, 0) is 48.9 Å². The maximum atomic E-state index is 13.2. The highest BCUT2D eigenvalue weighted by Crippen LogP contribution is 2.19. The summed E-state index contributed by atoms with van der Waals surface area (Å²) in [5.74, 6) is 0.506. The predicted molar refractivity (Wildman–Crippen MR) is 108 cm³/mol. The minimum atomic E-state index is -0.619. The zero-order valence-corrected chi connectivity index (χ0v) is 16.2. The van der Waals surface area contributed by atoms with Crippen LogP contribution in [0.15, 0.2) is 66.7 Å². The second kappa shape index (κ2) is 9.65. The predicted octanol–water partition coefficient (Wildman–Crippen LogP) is 4.64. The fourth-order valence-corrected chi connectivity index (χ4v) is 3.82. The highest BCUT2D eigenvalue weighted by molar-refractivity contribution is 7.11. The molecule has 142 valence electrons. The summed E-state index contributed by atoms with van der Waals surface area (Å²) in [7, 11) is 0. The van der Waals surface area contributed by atoms with Crippen LogP contribution in [-0.4, -0.2) is 29.3 Å². The van der Waals surface area contributed by atoms with E-state index in [1.807, 2.05) is 30.3 Å². The van der Waals surface area contributed by atoms with E-state index in [1.165, 1.54) is 21.9 Å². The number of aliphatic hydroxyl groups excluding tert-OH is 1. The summed E-state index contributed by atoms with van der Waals surface area (Å²) in [6.45, 7) is 4.16. The molecule has 0 fully saturated rings. The first-order valence-corrected chi connectivity index (χ1v) is 9.78. The summed E-state index contributed by atoms with van der Waals surface area (Å²) in [5, 5.41) is 10.5. The van der Waals surface area contributed by atoms with Crippen LogP contribution in [0.5, 0.6) is 5.75 Å². The monoisotopic (exact) mass is 385 g/mol. The van der Waals surface area contributed by atoms with Gasteiger partial charge in [-0.15, -0.1) is 11.3 Å². The first-order valence-electron chi connectivity index (χ1n) is 8.96. The van der Waals surface area contributed by atoms with Crippen molar-refractivity contribution in [3.63, 3.8) is 0 Å². The average Bonchev–Trinajstić information content (AvgIpc) is 3.07. The Kier molecular flexibility index (Phi) is 6.98. The van der Waals surface area contributed by atoms with Gasteiger partial charge in [-0.2, -0.15) is 0 Å². The molecule has 1 heterocycles. The van der Waals surface area contributed by atoms with Crippen LogP contribution in [0.25, 0.3) is 0 Å². The molecular weight excluding hydrogens is 361 g/mol. The van der Waals surface area contributed by atoms with Crippen LogP contribution in [0.1, 0.15) is 15.3 Å². The maximum Gasteiger partial charge on any atom is 0.123 e. The molecule has 0 saturated heterocycles.